The van der Waals surface area contributed by atoms with Gasteiger partial charge in [0.2, 0.25) is 9.05 Å². The van der Waals surface area contributed by atoms with E-state index < -0.39 is 9.05 Å². The molecule has 0 aliphatic carbocycles. The fourth-order valence-corrected chi connectivity index (χ4v) is 4.31. The Kier molecular flexibility index (Phi) is 4.02. The molecule has 1 atom stereocenters. The van der Waals surface area contributed by atoms with Gasteiger partial charge in [-0.3, -0.25) is 0 Å². The molecule has 4 nitrogen and oxygen atoms in total. The third-order valence-corrected chi connectivity index (χ3v) is 5.18. The van der Waals surface area contributed by atoms with Crippen molar-refractivity contribution in [2.45, 2.75) is 31.3 Å². The zero-order chi connectivity index (χ0) is 12.5. The van der Waals surface area contributed by atoms with Crippen LogP contribution in [0.2, 0.25) is 0 Å². The molecule has 2 saturated heterocycles. The molecule has 0 saturated carbocycles. The van der Waals surface area contributed by atoms with Crippen LogP contribution in [0.1, 0.15) is 25.7 Å². The molecule has 0 amide bonds. The summed E-state index contributed by atoms with van der Waals surface area (Å²) in [7, 11) is 4.06. The predicted molar refractivity (Wildman–Crippen MR) is 67.8 cm³/mol. The number of ether oxygens (including phenoxy) is 1. The van der Waals surface area contributed by atoms with Gasteiger partial charge in [0, 0.05) is 30.4 Å². The zero-order valence-corrected chi connectivity index (χ0v) is 11.8. The molecule has 2 rings (SSSR count). The van der Waals surface area contributed by atoms with Crippen molar-refractivity contribution >= 4 is 19.7 Å². The summed E-state index contributed by atoms with van der Waals surface area (Å²) < 4.78 is 28.2. The summed E-state index contributed by atoms with van der Waals surface area (Å²) in [5.41, 5.74) is -0.0863. The first-order valence-electron chi connectivity index (χ1n) is 6.13. The van der Waals surface area contributed by atoms with Gasteiger partial charge >= 0.3 is 0 Å². The van der Waals surface area contributed by atoms with E-state index in [1.54, 1.807) is 0 Å². The van der Waals surface area contributed by atoms with E-state index in [1.165, 1.54) is 0 Å². The van der Waals surface area contributed by atoms with Gasteiger partial charge in [-0.15, -0.1) is 0 Å². The predicted octanol–water partition coefficient (Wildman–Crippen LogP) is 1.45. The summed E-state index contributed by atoms with van der Waals surface area (Å²) in [5, 5.41) is 0. The Morgan fingerprint density at radius 1 is 1.41 bits per heavy atom. The highest BCUT2D eigenvalue weighted by atomic mass is 35.7. The number of hydrogen-bond donors (Lipinski definition) is 0. The monoisotopic (exact) mass is 281 g/mol. The molecule has 0 aromatic carbocycles. The van der Waals surface area contributed by atoms with Gasteiger partial charge in [-0.1, -0.05) is 0 Å². The molecule has 2 heterocycles. The average Bonchev–Trinajstić information content (AvgIpc) is 2.21. The number of likely N-dealkylation sites (tertiary alicyclic amines) is 1. The van der Waals surface area contributed by atoms with Crippen LogP contribution in [0.15, 0.2) is 0 Å². The minimum Gasteiger partial charge on any atom is -0.375 e. The van der Waals surface area contributed by atoms with Gasteiger partial charge in [0.1, 0.15) is 0 Å². The Hall–Kier alpha value is 0.160. The second-order valence-corrected chi connectivity index (χ2v) is 8.22. The molecule has 100 valence electrons. The van der Waals surface area contributed by atoms with E-state index in [2.05, 4.69) is 11.9 Å². The highest BCUT2D eigenvalue weighted by Gasteiger charge is 2.40. The van der Waals surface area contributed by atoms with Crippen molar-refractivity contribution in [3.05, 3.63) is 0 Å². The fraction of sp³-hybridized carbons (Fsp3) is 1.00. The smallest absolute Gasteiger partial charge is 0.232 e. The van der Waals surface area contributed by atoms with Crippen LogP contribution in [0.25, 0.3) is 0 Å². The van der Waals surface area contributed by atoms with E-state index in [9.17, 15) is 8.42 Å². The van der Waals surface area contributed by atoms with Gasteiger partial charge in [-0.05, 0) is 38.6 Å². The molecule has 17 heavy (non-hydrogen) atoms. The maximum absolute atomic E-state index is 11.1. The Morgan fingerprint density at radius 2 is 2.06 bits per heavy atom. The van der Waals surface area contributed by atoms with E-state index in [4.69, 9.17) is 15.4 Å². The third-order valence-electron chi connectivity index (χ3n) is 3.93. The molecule has 1 spiro atoms. The molecule has 0 aromatic heterocycles. The summed E-state index contributed by atoms with van der Waals surface area (Å²) in [6.45, 7) is 2.72. The highest BCUT2D eigenvalue weighted by molar-refractivity contribution is 8.13. The van der Waals surface area contributed by atoms with Crippen LogP contribution < -0.4 is 0 Å². The Labute approximate surface area is 108 Å². The second kappa shape index (κ2) is 5.03. The van der Waals surface area contributed by atoms with Crippen LogP contribution in [0.3, 0.4) is 0 Å². The average molecular weight is 282 g/mol. The van der Waals surface area contributed by atoms with Gasteiger partial charge in [0.25, 0.3) is 0 Å². The van der Waals surface area contributed by atoms with Crippen LogP contribution in [0.4, 0.5) is 0 Å². The van der Waals surface area contributed by atoms with Crippen molar-refractivity contribution in [2.75, 3.05) is 32.5 Å². The maximum Gasteiger partial charge on any atom is 0.232 e. The largest absolute Gasteiger partial charge is 0.375 e. The van der Waals surface area contributed by atoms with Crippen molar-refractivity contribution in [3.63, 3.8) is 0 Å². The molecular formula is C11H20ClNO3S. The first kappa shape index (κ1) is 13.6. The Morgan fingerprint density at radius 3 is 2.65 bits per heavy atom. The molecule has 1 unspecified atom stereocenters. The van der Waals surface area contributed by atoms with E-state index in [-0.39, 0.29) is 17.3 Å². The number of rotatable bonds is 2. The molecule has 2 aliphatic rings. The molecular weight excluding hydrogens is 262 g/mol. The normalized spacial score (nSPS) is 30.6. The molecule has 0 bridgehead atoms. The number of piperidine rings is 1. The minimum atomic E-state index is -3.38. The number of halogens is 1. The number of hydrogen-bond acceptors (Lipinski definition) is 4. The lowest BCUT2D eigenvalue weighted by atomic mass is 9.80. The van der Waals surface area contributed by atoms with Gasteiger partial charge in [0.15, 0.2) is 0 Å². The van der Waals surface area contributed by atoms with Crippen molar-refractivity contribution in [1.29, 1.82) is 0 Å². The van der Waals surface area contributed by atoms with Crippen LogP contribution in [0.5, 0.6) is 0 Å². The topological polar surface area (TPSA) is 46.6 Å². The standard InChI is InChI=1S/C11H20ClNO3S/c1-13-5-3-11(4-6-13)8-10(2-7-16-11)9-17(12,14)15/h10H,2-9H2,1H3. The number of nitrogens with zero attached hydrogens (tertiary/aromatic N) is 1. The van der Waals surface area contributed by atoms with E-state index in [1.807, 2.05) is 0 Å². The zero-order valence-electron chi connectivity index (χ0n) is 10.2. The second-order valence-electron chi connectivity index (χ2n) is 5.40. The lowest BCUT2D eigenvalue weighted by Gasteiger charge is -2.45. The van der Waals surface area contributed by atoms with Crippen LogP contribution >= 0.6 is 10.7 Å². The molecule has 0 aromatic rings. The summed E-state index contributed by atoms with van der Waals surface area (Å²) in [6.07, 6.45) is 3.65. The summed E-state index contributed by atoms with van der Waals surface area (Å²) in [4.78, 5) is 2.29. The quantitative estimate of drug-likeness (QED) is 0.719. The highest BCUT2D eigenvalue weighted by Crippen LogP contribution is 2.37. The van der Waals surface area contributed by atoms with E-state index >= 15 is 0 Å². The van der Waals surface area contributed by atoms with E-state index in [0.717, 1.165) is 38.8 Å². The summed E-state index contributed by atoms with van der Waals surface area (Å²) in [5.74, 6) is 0.254. The summed E-state index contributed by atoms with van der Waals surface area (Å²) in [6, 6.07) is 0. The van der Waals surface area contributed by atoms with Crippen molar-refractivity contribution in [1.82, 2.24) is 4.90 Å². The Bertz CT molecular complexity index is 363. The van der Waals surface area contributed by atoms with Crippen LogP contribution in [0, 0.1) is 5.92 Å². The van der Waals surface area contributed by atoms with Crippen molar-refractivity contribution < 1.29 is 13.2 Å². The fourth-order valence-electron chi connectivity index (χ4n) is 2.93. The van der Waals surface area contributed by atoms with Gasteiger partial charge in [0.05, 0.1) is 11.4 Å². The minimum absolute atomic E-state index is 0.0863. The van der Waals surface area contributed by atoms with Gasteiger partial charge in [-0.2, -0.15) is 0 Å². The van der Waals surface area contributed by atoms with Gasteiger partial charge < -0.3 is 9.64 Å². The Balaban J connectivity index is 1.97. The maximum atomic E-state index is 11.1. The summed E-state index contributed by atoms with van der Waals surface area (Å²) >= 11 is 0. The molecule has 0 N–H and O–H groups in total. The molecule has 2 fully saturated rings. The van der Waals surface area contributed by atoms with Crippen LogP contribution in [-0.4, -0.2) is 51.4 Å². The lowest BCUT2D eigenvalue weighted by Crippen LogP contribution is -2.49. The van der Waals surface area contributed by atoms with Crippen molar-refractivity contribution in [3.8, 4) is 0 Å². The molecule has 0 radical (unpaired) electrons. The SMILES string of the molecule is CN1CCC2(CC1)CC(CS(=O)(=O)Cl)CCO2. The first-order valence-corrected chi connectivity index (χ1v) is 8.61. The third kappa shape index (κ3) is 3.81. The van der Waals surface area contributed by atoms with Crippen LogP contribution in [-0.2, 0) is 13.8 Å². The molecule has 2 aliphatic heterocycles. The van der Waals surface area contributed by atoms with Gasteiger partial charge in [-0.25, -0.2) is 8.42 Å². The van der Waals surface area contributed by atoms with E-state index in [0.29, 0.717) is 6.61 Å². The van der Waals surface area contributed by atoms with Crippen molar-refractivity contribution in [2.24, 2.45) is 5.92 Å². The first-order chi connectivity index (χ1) is 7.89. The molecule has 6 heteroatoms. The lowest BCUT2D eigenvalue weighted by molar-refractivity contribution is -0.122.